The van der Waals surface area contributed by atoms with Crippen molar-refractivity contribution in [2.24, 2.45) is 11.5 Å². The number of nitrogens with zero attached hydrogens (tertiary/aromatic N) is 3. The van der Waals surface area contributed by atoms with Crippen LogP contribution in [-0.4, -0.2) is 77.8 Å². The molecule has 38 heavy (non-hydrogen) atoms. The van der Waals surface area contributed by atoms with Crippen molar-refractivity contribution in [2.45, 2.75) is 50.7 Å². The Bertz CT molecular complexity index is 1330. The third-order valence-corrected chi connectivity index (χ3v) is 7.12. The highest BCUT2D eigenvalue weighted by molar-refractivity contribution is 5.97. The summed E-state index contributed by atoms with van der Waals surface area (Å²) in [7, 11) is 1.40. The highest BCUT2D eigenvalue weighted by atomic mass is 19.1. The van der Waals surface area contributed by atoms with Crippen molar-refractivity contribution in [2.75, 3.05) is 38.2 Å². The maximum atomic E-state index is 15.6. The Labute approximate surface area is 218 Å². The molecule has 2 fully saturated rings. The fourth-order valence-electron chi connectivity index (χ4n) is 5.09. The number of carboxylic acid groups (broad SMARTS) is 1. The molecule has 1 aromatic carbocycles. The van der Waals surface area contributed by atoms with E-state index < -0.39 is 28.8 Å². The number of anilines is 1. The molecule has 4 rings (SSSR count). The molecule has 1 aromatic heterocycles. The van der Waals surface area contributed by atoms with E-state index in [9.17, 15) is 19.5 Å². The minimum Gasteiger partial charge on any atom is -0.492 e. The number of pyridine rings is 1. The topological polar surface area (TPSA) is 180 Å². The number of hydrogen-bond acceptors (Lipinski definition) is 7. The Balaban J connectivity index is 1.61. The molecule has 1 amide bonds. The zero-order valence-electron chi connectivity index (χ0n) is 21.5. The summed E-state index contributed by atoms with van der Waals surface area (Å²) in [5.74, 6) is -2.23. The van der Waals surface area contributed by atoms with Crippen LogP contribution in [0.15, 0.2) is 17.1 Å². The lowest BCUT2D eigenvalue weighted by Gasteiger charge is -2.42. The summed E-state index contributed by atoms with van der Waals surface area (Å²) >= 11 is 0. The largest absolute Gasteiger partial charge is 0.492 e. The van der Waals surface area contributed by atoms with Crippen molar-refractivity contribution in [3.63, 3.8) is 0 Å². The van der Waals surface area contributed by atoms with Gasteiger partial charge in [-0.25, -0.2) is 9.18 Å². The summed E-state index contributed by atoms with van der Waals surface area (Å²) < 4.78 is 23.0. The van der Waals surface area contributed by atoms with E-state index in [1.807, 2.05) is 6.92 Å². The number of nitrogens with two attached hydrogens (primary N) is 2. The predicted molar refractivity (Wildman–Crippen MR) is 140 cm³/mol. The zero-order valence-corrected chi connectivity index (χ0v) is 21.5. The first-order chi connectivity index (χ1) is 18.0. The van der Waals surface area contributed by atoms with Crippen molar-refractivity contribution in [3.8, 4) is 5.75 Å². The van der Waals surface area contributed by atoms with Crippen molar-refractivity contribution < 1.29 is 23.8 Å². The molecule has 2 aromatic rings. The molecule has 1 aliphatic carbocycles. The molecule has 1 saturated heterocycles. The van der Waals surface area contributed by atoms with Gasteiger partial charge in [-0.2, -0.15) is 0 Å². The SMILES string of the molecule is COc1c(N2CCN(C(=O)C(N)CCCNC(=N)N)C(C)C2)c(F)cc2c(=O)c(C(=O)O)cn(C3CC3)c12. The minimum absolute atomic E-state index is 0.00365. The van der Waals surface area contributed by atoms with Gasteiger partial charge in [0.1, 0.15) is 11.3 Å². The molecule has 2 unspecified atom stereocenters. The van der Waals surface area contributed by atoms with Crippen LogP contribution in [0.25, 0.3) is 10.9 Å². The number of aromatic nitrogens is 1. The van der Waals surface area contributed by atoms with Crippen LogP contribution in [0.4, 0.5) is 10.1 Å². The number of halogens is 1. The third-order valence-electron chi connectivity index (χ3n) is 7.12. The van der Waals surface area contributed by atoms with Gasteiger partial charge in [0.15, 0.2) is 17.5 Å². The maximum absolute atomic E-state index is 15.6. The van der Waals surface area contributed by atoms with Crippen molar-refractivity contribution in [1.29, 1.82) is 5.41 Å². The van der Waals surface area contributed by atoms with Crippen LogP contribution in [0.1, 0.15) is 49.0 Å². The number of piperazine rings is 1. The van der Waals surface area contributed by atoms with E-state index in [4.69, 9.17) is 21.6 Å². The standard InChI is InChI=1S/C25H34FN7O5/c1-13-11-31(8-9-32(13)23(35)18(27)4-3-7-30-25(28)29)20-17(26)10-15-19(22(20)38-2)33(14-5-6-14)12-16(21(15)34)24(36)37/h10,12-14,18H,3-9,11,27H2,1-2H3,(H,36,37)(H4,28,29,30). The average molecular weight is 532 g/mol. The fourth-order valence-corrected chi connectivity index (χ4v) is 5.09. The number of benzene rings is 1. The average Bonchev–Trinajstić information content (AvgIpc) is 3.71. The Morgan fingerprint density at radius 3 is 2.63 bits per heavy atom. The number of carbonyl (C=O) groups is 2. The van der Waals surface area contributed by atoms with Crippen molar-refractivity contribution in [3.05, 3.63) is 33.9 Å². The summed E-state index contributed by atoms with van der Waals surface area (Å²) in [6.07, 6.45) is 3.95. The second-order valence-electron chi connectivity index (χ2n) is 9.87. The lowest BCUT2D eigenvalue weighted by atomic mass is 10.0. The van der Waals surface area contributed by atoms with Gasteiger partial charge >= 0.3 is 5.97 Å². The summed E-state index contributed by atoms with van der Waals surface area (Å²) in [5.41, 5.74) is 10.8. The van der Waals surface area contributed by atoms with Gasteiger partial charge in [-0.05, 0) is 38.7 Å². The lowest BCUT2D eigenvalue weighted by Crippen LogP contribution is -2.57. The molecule has 13 heteroatoms. The second kappa shape index (κ2) is 10.9. The number of aromatic carboxylic acids is 1. The highest BCUT2D eigenvalue weighted by Gasteiger charge is 2.35. The Kier molecular flexibility index (Phi) is 7.76. The van der Waals surface area contributed by atoms with E-state index >= 15 is 4.39 Å². The van der Waals surface area contributed by atoms with Crippen LogP contribution >= 0.6 is 0 Å². The first-order valence-corrected chi connectivity index (χ1v) is 12.6. The number of hydrogen-bond donors (Lipinski definition) is 5. The molecule has 0 radical (unpaired) electrons. The molecule has 2 atom stereocenters. The summed E-state index contributed by atoms with van der Waals surface area (Å²) in [5, 5.41) is 19.3. The highest BCUT2D eigenvalue weighted by Crippen LogP contribution is 2.44. The smallest absolute Gasteiger partial charge is 0.341 e. The number of ether oxygens (including phenoxy) is 1. The van der Waals surface area contributed by atoms with E-state index in [-0.39, 0.29) is 40.8 Å². The first-order valence-electron chi connectivity index (χ1n) is 12.6. The summed E-state index contributed by atoms with van der Waals surface area (Å²) in [4.78, 5) is 41.1. The van der Waals surface area contributed by atoms with E-state index in [0.29, 0.717) is 44.5 Å². The van der Waals surface area contributed by atoms with E-state index in [1.165, 1.54) is 13.3 Å². The zero-order chi connectivity index (χ0) is 27.7. The van der Waals surface area contributed by atoms with Crippen molar-refractivity contribution >= 4 is 34.4 Å². The summed E-state index contributed by atoms with van der Waals surface area (Å²) in [6.45, 7) is 3.24. The third kappa shape index (κ3) is 5.23. The molecule has 1 aliphatic heterocycles. The van der Waals surface area contributed by atoms with Crippen LogP contribution in [0.3, 0.4) is 0 Å². The van der Waals surface area contributed by atoms with Crippen molar-refractivity contribution in [1.82, 2.24) is 14.8 Å². The van der Waals surface area contributed by atoms with Gasteiger partial charge in [-0.3, -0.25) is 15.0 Å². The van der Waals surface area contributed by atoms with Gasteiger partial charge in [0.25, 0.3) is 0 Å². The van der Waals surface area contributed by atoms with Crippen LogP contribution in [0.2, 0.25) is 0 Å². The second-order valence-corrected chi connectivity index (χ2v) is 9.87. The first kappa shape index (κ1) is 27.2. The molecule has 7 N–H and O–H groups in total. The predicted octanol–water partition coefficient (Wildman–Crippen LogP) is 0.810. The van der Waals surface area contributed by atoms with Gasteiger partial charge in [0, 0.05) is 44.5 Å². The van der Waals surface area contributed by atoms with Gasteiger partial charge < -0.3 is 41.0 Å². The quantitative estimate of drug-likeness (QED) is 0.178. The van der Waals surface area contributed by atoms with Crippen LogP contribution < -0.4 is 31.8 Å². The molecule has 0 bridgehead atoms. The molecule has 2 heterocycles. The molecule has 206 valence electrons. The molecule has 12 nitrogen and oxygen atoms in total. The molecular formula is C25H34FN7O5. The van der Waals surface area contributed by atoms with Gasteiger partial charge in [0.05, 0.1) is 24.1 Å². The molecular weight excluding hydrogens is 497 g/mol. The monoisotopic (exact) mass is 531 g/mol. The van der Waals surface area contributed by atoms with Gasteiger partial charge in [-0.15, -0.1) is 0 Å². The normalized spacial score (nSPS) is 18.4. The van der Waals surface area contributed by atoms with Crippen LogP contribution in [-0.2, 0) is 4.79 Å². The Hall–Kier alpha value is -3.87. The molecule has 1 saturated carbocycles. The number of carbonyl (C=O) groups excluding carboxylic acids is 1. The number of guanidine groups is 1. The number of nitrogens with one attached hydrogen (secondary N) is 2. The van der Waals surface area contributed by atoms with Gasteiger partial charge in [0.2, 0.25) is 11.3 Å². The lowest BCUT2D eigenvalue weighted by molar-refractivity contribution is -0.135. The minimum atomic E-state index is -1.36. The van der Waals surface area contributed by atoms with E-state index in [1.54, 1.807) is 14.4 Å². The van der Waals surface area contributed by atoms with E-state index in [2.05, 4.69) is 5.32 Å². The Morgan fingerprint density at radius 1 is 1.34 bits per heavy atom. The molecule has 2 aliphatic rings. The maximum Gasteiger partial charge on any atom is 0.341 e. The summed E-state index contributed by atoms with van der Waals surface area (Å²) in [6, 6.07) is 0.108. The number of carboxylic acids is 1. The number of amides is 1. The number of methoxy groups -OCH3 is 1. The van der Waals surface area contributed by atoms with E-state index in [0.717, 1.165) is 18.9 Å². The Morgan fingerprint density at radius 2 is 2.05 bits per heavy atom. The van der Waals surface area contributed by atoms with Crippen LogP contribution in [0.5, 0.6) is 5.75 Å². The van der Waals surface area contributed by atoms with Crippen LogP contribution in [0, 0.1) is 11.2 Å². The number of fused-ring (bicyclic) bond motifs is 1. The molecule has 0 spiro atoms. The fraction of sp³-hybridized carbons (Fsp3) is 0.520. The van der Waals surface area contributed by atoms with Gasteiger partial charge in [-0.1, -0.05) is 0 Å². The number of rotatable bonds is 9.